The maximum absolute atomic E-state index is 5.07. The summed E-state index contributed by atoms with van der Waals surface area (Å²) in [5.41, 5.74) is 9.40. The van der Waals surface area contributed by atoms with E-state index >= 15 is 0 Å². The largest absolute Gasteiger partial charge is 0.309 e. The highest BCUT2D eigenvalue weighted by Gasteiger charge is 2.19. The topological polar surface area (TPSA) is 66.3 Å². The summed E-state index contributed by atoms with van der Waals surface area (Å²) in [6.07, 6.45) is 7.12. The van der Waals surface area contributed by atoms with E-state index in [4.69, 9.17) is 10.1 Å². The van der Waals surface area contributed by atoms with Crippen LogP contribution in [-0.4, -0.2) is 33.9 Å². The molecule has 7 nitrogen and oxygen atoms in total. The highest BCUT2D eigenvalue weighted by atomic mass is 15.4. The van der Waals surface area contributed by atoms with Gasteiger partial charge in [-0.2, -0.15) is 0 Å². The summed E-state index contributed by atoms with van der Waals surface area (Å²) in [6, 6.07) is 49.0. The first kappa shape index (κ1) is 27.3. The zero-order chi connectivity index (χ0) is 32.3. The first-order valence-corrected chi connectivity index (χ1v) is 16.2. The number of rotatable bonds is 5. The van der Waals surface area contributed by atoms with Gasteiger partial charge in [0.05, 0.1) is 34.0 Å². The monoisotopic (exact) mass is 629 g/mol. The van der Waals surface area contributed by atoms with Crippen LogP contribution in [0, 0.1) is 0 Å². The molecule has 5 aromatic heterocycles. The van der Waals surface area contributed by atoms with Crippen LogP contribution in [0.2, 0.25) is 0 Å². The normalized spacial score (nSPS) is 11.7. The SMILES string of the molecule is c1cncc(-c2nc(-c3ccc4c5ccccc5n(-c5cccc(-n6c7ccccc7c7ccccc76)c5)c4c3)n(-c3cccnc3)n2)c1. The fourth-order valence-corrected chi connectivity index (χ4v) is 7.14. The molecule has 5 heterocycles. The molecule has 49 heavy (non-hydrogen) atoms. The number of hydrogen-bond donors (Lipinski definition) is 0. The molecule has 0 aliphatic rings. The molecule has 0 N–H and O–H groups in total. The molecule has 0 saturated carbocycles. The number of pyridine rings is 2. The number of benzene rings is 5. The molecule has 0 spiro atoms. The van der Waals surface area contributed by atoms with Crippen molar-refractivity contribution in [2.45, 2.75) is 0 Å². The van der Waals surface area contributed by atoms with Gasteiger partial charge in [0, 0.05) is 62.6 Å². The minimum atomic E-state index is 0.603. The van der Waals surface area contributed by atoms with Crippen LogP contribution in [0.1, 0.15) is 0 Å². The Morgan fingerprint density at radius 1 is 0.408 bits per heavy atom. The molecule has 0 amide bonds. The molecule has 10 rings (SSSR count). The quantitative estimate of drug-likeness (QED) is 0.190. The number of para-hydroxylation sites is 3. The molecule has 0 saturated heterocycles. The first-order valence-electron chi connectivity index (χ1n) is 16.2. The van der Waals surface area contributed by atoms with Crippen molar-refractivity contribution in [2.75, 3.05) is 0 Å². The molecule has 0 aliphatic carbocycles. The van der Waals surface area contributed by atoms with Gasteiger partial charge in [-0.25, -0.2) is 9.67 Å². The summed E-state index contributed by atoms with van der Waals surface area (Å²) in [5, 5.41) is 9.78. The summed E-state index contributed by atoms with van der Waals surface area (Å²) >= 11 is 0. The van der Waals surface area contributed by atoms with E-state index < -0.39 is 0 Å². The van der Waals surface area contributed by atoms with E-state index in [2.05, 4.69) is 134 Å². The number of hydrogen-bond acceptors (Lipinski definition) is 4. The molecule has 0 bridgehead atoms. The summed E-state index contributed by atoms with van der Waals surface area (Å²) in [4.78, 5) is 13.7. The van der Waals surface area contributed by atoms with Crippen molar-refractivity contribution < 1.29 is 0 Å². The second-order valence-corrected chi connectivity index (χ2v) is 12.1. The predicted molar refractivity (Wildman–Crippen MR) is 196 cm³/mol. The second kappa shape index (κ2) is 10.9. The Balaban J connectivity index is 1.20. The second-order valence-electron chi connectivity index (χ2n) is 12.1. The smallest absolute Gasteiger partial charge is 0.183 e. The van der Waals surface area contributed by atoms with E-state index in [1.54, 1.807) is 24.8 Å². The van der Waals surface area contributed by atoms with E-state index in [9.17, 15) is 0 Å². The van der Waals surface area contributed by atoms with Crippen LogP contribution in [0.4, 0.5) is 0 Å². The highest BCUT2D eigenvalue weighted by molar-refractivity contribution is 6.11. The zero-order valence-corrected chi connectivity index (χ0v) is 26.2. The Morgan fingerprint density at radius 3 is 1.59 bits per heavy atom. The van der Waals surface area contributed by atoms with Gasteiger partial charge in [0.25, 0.3) is 0 Å². The highest BCUT2D eigenvalue weighted by Crippen LogP contribution is 2.37. The van der Waals surface area contributed by atoms with Crippen LogP contribution >= 0.6 is 0 Å². The van der Waals surface area contributed by atoms with Crippen molar-refractivity contribution in [1.82, 2.24) is 33.9 Å². The molecular formula is C42H27N7. The fraction of sp³-hybridized carbons (Fsp3) is 0. The molecule has 0 unspecified atom stereocenters. The van der Waals surface area contributed by atoms with Crippen LogP contribution in [-0.2, 0) is 0 Å². The molecule has 230 valence electrons. The number of nitrogens with zero attached hydrogens (tertiary/aromatic N) is 7. The zero-order valence-electron chi connectivity index (χ0n) is 26.2. The van der Waals surface area contributed by atoms with Gasteiger partial charge in [0.2, 0.25) is 0 Å². The maximum atomic E-state index is 5.07. The standard InChI is InChI=1S/C42H27N7/c1-4-17-37-33(14-1)34-15-2-5-18-38(34)47(37)30-11-7-12-31(25-30)48-39-19-6-3-16-35(39)36-21-20-28(24-40(36)48)42-45-41(29-10-8-22-43-26-29)46-49(42)32-13-9-23-44-27-32/h1-27H. The third kappa shape index (κ3) is 4.29. The molecule has 0 radical (unpaired) electrons. The molecule has 7 heteroatoms. The van der Waals surface area contributed by atoms with Gasteiger partial charge < -0.3 is 9.13 Å². The number of fused-ring (bicyclic) bond motifs is 6. The molecular weight excluding hydrogens is 603 g/mol. The molecule has 10 aromatic rings. The fourth-order valence-electron chi connectivity index (χ4n) is 7.14. The number of aromatic nitrogens is 7. The summed E-state index contributed by atoms with van der Waals surface area (Å²) in [6.45, 7) is 0. The Labute approximate surface area is 281 Å². The van der Waals surface area contributed by atoms with Crippen LogP contribution in [0.25, 0.3) is 83.4 Å². The van der Waals surface area contributed by atoms with Gasteiger partial charge in [0.15, 0.2) is 11.6 Å². The average Bonchev–Trinajstić information content (AvgIpc) is 3.86. The lowest BCUT2D eigenvalue weighted by Crippen LogP contribution is -2.01. The Kier molecular flexibility index (Phi) is 6.04. The summed E-state index contributed by atoms with van der Waals surface area (Å²) in [5.74, 6) is 1.33. The third-order valence-corrected chi connectivity index (χ3v) is 9.28. The van der Waals surface area contributed by atoms with Crippen molar-refractivity contribution in [1.29, 1.82) is 0 Å². The lowest BCUT2D eigenvalue weighted by molar-refractivity contribution is 0.883. The third-order valence-electron chi connectivity index (χ3n) is 9.28. The van der Waals surface area contributed by atoms with E-state index in [0.29, 0.717) is 5.82 Å². The Bertz CT molecular complexity index is 2770. The van der Waals surface area contributed by atoms with Crippen LogP contribution in [0.15, 0.2) is 164 Å². The van der Waals surface area contributed by atoms with Crippen molar-refractivity contribution in [3.63, 3.8) is 0 Å². The van der Waals surface area contributed by atoms with Gasteiger partial charge in [-0.3, -0.25) is 9.97 Å². The lowest BCUT2D eigenvalue weighted by Gasteiger charge is -2.13. The van der Waals surface area contributed by atoms with Gasteiger partial charge in [-0.15, -0.1) is 5.10 Å². The van der Waals surface area contributed by atoms with Crippen molar-refractivity contribution in [2.24, 2.45) is 0 Å². The van der Waals surface area contributed by atoms with Crippen LogP contribution in [0.3, 0.4) is 0 Å². The van der Waals surface area contributed by atoms with Crippen molar-refractivity contribution >= 4 is 43.6 Å². The maximum Gasteiger partial charge on any atom is 0.183 e. The average molecular weight is 630 g/mol. The van der Waals surface area contributed by atoms with Crippen LogP contribution in [0.5, 0.6) is 0 Å². The molecule has 0 aliphatic heterocycles. The minimum absolute atomic E-state index is 0.603. The molecule has 0 fully saturated rings. The van der Waals surface area contributed by atoms with Gasteiger partial charge in [0.1, 0.15) is 0 Å². The van der Waals surface area contributed by atoms with Gasteiger partial charge in [-0.1, -0.05) is 72.8 Å². The minimum Gasteiger partial charge on any atom is -0.309 e. The molecule has 5 aromatic carbocycles. The van der Waals surface area contributed by atoms with E-state index in [1.807, 2.05) is 28.9 Å². The summed E-state index contributed by atoms with van der Waals surface area (Å²) < 4.78 is 6.59. The van der Waals surface area contributed by atoms with E-state index in [1.165, 1.54) is 32.6 Å². The predicted octanol–water partition coefficient (Wildman–Crippen LogP) is 9.59. The van der Waals surface area contributed by atoms with E-state index in [0.717, 1.165) is 45.0 Å². The van der Waals surface area contributed by atoms with Gasteiger partial charge >= 0.3 is 0 Å². The first-order chi connectivity index (χ1) is 24.3. The van der Waals surface area contributed by atoms with Gasteiger partial charge in [-0.05, 0) is 66.7 Å². The lowest BCUT2D eigenvalue weighted by atomic mass is 10.1. The molecule has 0 atom stereocenters. The summed E-state index contributed by atoms with van der Waals surface area (Å²) in [7, 11) is 0. The van der Waals surface area contributed by atoms with E-state index in [-0.39, 0.29) is 0 Å². The van der Waals surface area contributed by atoms with Crippen molar-refractivity contribution in [3.8, 4) is 39.8 Å². The van der Waals surface area contributed by atoms with Crippen molar-refractivity contribution in [3.05, 3.63) is 164 Å². The van der Waals surface area contributed by atoms with Crippen LogP contribution < -0.4 is 0 Å². The Hall–Kier alpha value is -6.86. The Morgan fingerprint density at radius 2 is 0.980 bits per heavy atom.